The molecule has 0 saturated heterocycles. The van der Waals surface area contributed by atoms with E-state index in [1.54, 1.807) is 23.7 Å². The van der Waals surface area contributed by atoms with Crippen molar-refractivity contribution >= 4 is 28.5 Å². The standard InChI is InChI=1S/C28H26FN3O5/c1-36-25-15-24-21(14-22(25)29)20-11-12-32(16-26(20)37-24)23(13-17-5-3-2-4-6-17)28(34)30-19-9-7-18(8-10-19)27(33)31-35/h2-10,14-15,23,35H,11-13,16H2,1H3,(H,30,34)(H,31,33)/t23-/m0/s1. The number of fused-ring (bicyclic) bond motifs is 3. The lowest BCUT2D eigenvalue weighted by Gasteiger charge is -2.33. The monoisotopic (exact) mass is 503 g/mol. The lowest BCUT2D eigenvalue weighted by atomic mass is 9.98. The van der Waals surface area contributed by atoms with E-state index in [2.05, 4.69) is 10.2 Å². The highest BCUT2D eigenvalue weighted by molar-refractivity contribution is 5.97. The molecular formula is C28H26FN3O5. The van der Waals surface area contributed by atoms with Gasteiger partial charge in [0.15, 0.2) is 11.6 Å². The zero-order valence-electron chi connectivity index (χ0n) is 20.2. The number of hydrogen-bond donors (Lipinski definition) is 3. The first kappa shape index (κ1) is 24.5. The maximum Gasteiger partial charge on any atom is 0.274 e. The molecule has 2 heterocycles. The summed E-state index contributed by atoms with van der Waals surface area (Å²) in [7, 11) is 1.41. The van der Waals surface area contributed by atoms with E-state index in [4.69, 9.17) is 14.4 Å². The minimum Gasteiger partial charge on any atom is -0.494 e. The number of benzene rings is 3. The van der Waals surface area contributed by atoms with Gasteiger partial charge < -0.3 is 14.5 Å². The average molecular weight is 504 g/mol. The van der Waals surface area contributed by atoms with Crippen molar-refractivity contribution in [2.24, 2.45) is 0 Å². The average Bonchev–Trinajstić information content (AvgIpc) is 3.28. The summed E-state index contributed by atoms with van der Waals surface area (Å²) in [6.45, 7) is 0.990. The third kappa shape index (κ3) is 5.04. The number of rotatable bonds is 7. The van der Waals surface area contributed by atoms with E-state index >= 15 is 0 Å². The molecule has 37 heavy (non-hydrogen) atoms. The second-order valence-corrected chi connectivity index (χ2v) is 8.92. The molecule has 8 nitrogen and oxygen atoms in total. The Hall–Kier alpha value is -4.21. The summed E-state index contributed by atoms with van der Waals surface area (Å²) < 4.78 is 25.5. The molecule has 1 aliphatic rings. The molecule has 0 aliphatic carbocycles. The first-order valence-electron chi connectivity index (χ1n) is 11.9. The fourth-order valence-corrected chi connectivity index (χ4v) is 4.76. The van der Waals surface area contributed by atoms with E-state index in [-0.39, 0.29) is 17.2 Å². The van der Waals surface area contributed by atoms with Gasteiger partial charge in [-0.2, -0.15) is 0 Å². The Balaban J connectivity index is 1.41. The highest BCUT2D eigenvalue weighted by Gasteiger charge is 2.32. The quantitative estimate of drug-likeness (QED) is 0.257. The number of furan rings is 1. The molecule has 5 rings (SSSR count). The summed E-state index contributed by atoms with van der Waals surface area (Å²) in [5.74, 6) is -0.439. The molecule has 0 saturated carbocycles. The van der Waals surface area contributed by atoms with Gasteiger partial charge in [-0.15, -0.1) is 0 Å². The van der Waals surface area contributed by atoms with Gasteiger partial charge in [-0.1, -0.05) is 30.3 Å². The van der Waals surface area contributed by atoms with Gasteiger partial charge in [0, 0.05) is 34.8 Å². The van der Waals surface area contributed by atoms with Crippen molar-refractivity contribution < 1.29 is 28.3 Å². The molecule has 3 aromatic carbocycles. The number of ether oxygens (including phenoxy) is 1. The molecule has 0 radical (unpaired) electrons. The van der Waals surface area contributed by atoms with Crippen LogP contribution < -0.4 is 15.5 Å². The number of anilines is 1. The smallest absolute Gasteiger partial charge is 0.274 e. The summed E-state index contributed by atoms with van der Waals surface area (Å²) in [6.07, 6.45) is 1.09. The predicted molar refractivity (Wildman–Crippen MR) is 135 cm³/mol. The van der Waals surface area contributed by atoms with Gasteiger partial charge in [-0.3, -0.25) is 19.7 Å². The molecule has 190 valence electrons. The first-order valence-corrected chi connectivity index (χ1v) is 11.9. The Bertz CT molecular complexity index is 1440. The zero-order chi connectivity index (χ0) is 25.9. The topological polar surface area (TPSA) is 104 Å². The molecule has 9 heteroatoms. The van der Waals surface area contributed by atoms with Crippen molar-refractivity contribution in [2.75, 3.05) is 19.0 Å². The molecule has 4 aromatic rings. The third-order valence-electron chi connectivity index (χ3n) is 6.68. The van der Waals surface area contributed by atoms with Crippen LogP contribution in [0.15, 0.2) is 71.1 Å². The van der Waals surface area contributed by atoms with Gasteiger partial charge in [-0.05, 0) is 48.7 Å². The molecule has 1 atom stereocenters. The van der Waals surface area contributed by atoms with Crippen LogP contribution in [0.25, 0.3) is 11.0 Å². The fourth-order valence-electron chi connectivity index (χ4n) is 4.76. The van der Waals surface area contributed by atoms with E-state index in [1.807, 2.05) is 30.3 Å². The first-order chi connectivity index (χ1) is 18.0. The predicted octanol–water partition coefficient (Wildman–Crippen LogP) is 4.31. The van der Waals surface area contributed by atoms with E-state index in [0.29, 0.717) is 43.0 Å². The second kappa shape index (κ2) is 10.4. The Morgan fingerprint density at radius 3 is 2.59 bits per heavy atom. The molecule has 0 unspecified atom stereocenters. The van der Waals surface area contributed by atoms with Crippen LogP contribution in [0.4, 0.5) is 10.1 Å². The third-order valence-corrected chi connectivity index (χ3v) is 6.68. The maximum absolute atomic E-state index is 14.4. The van der Waals surface area contributed by atoms with Crippen LogP contribution in [-0.2, 0) is 24.2 Å². The number of nitrogens with zero attached hydrogens (tertiary/aromatic N) is 1. The normalized spacial score (nSPS) is 14.1. The van der Waals surface area contributed by atoms with Crippen molar-refractivity contribution in [1.82, 2.24) is 10.4 Å². The Kier molecular flexibility index (Phi) is 6.89. The molecule has 1 aromatic heterocycles. The minimum atomic E-state index is -0.632. The number of hydroxylamine groups is 1. The highest BCUT2D eigenvalue weighted by Crippen LogP contribution is 2.35. The van der Waals surface area contributed by atoms with Crippen LogP contribution in [0.2, 0.25) is 0 Å². The van der Waals surface area contributed by atoms with Gasteiger partial charge in [0.05, 0.1) is 19.7 Å². The highest BCUT2D eigenvalue weighted by atomic mass is 19.1. The van der Waals surface area contributed by atoms with Crippen LogP contribution in [0.5, 0.6) is 5.75 Å². The largest absolute Gasteiger partial charge is 0.494 e. The number of methoxy groups -OCH3 is 1. The van der Waals surface area contributed by atoms with Crippen LogP contribution in [-0.4, -0.2) is 41.6 Å². The Morgan fingerprint density at radius 1 is 1.14 bits per heavy atom. The van der Waals surface area contributed by atoms with Crippen LogP contribution in [0.1, 0.15) is 27.2 Å². The number of amides is 2. The number of hydrogen-bond acceptors (Lipinski definition) is 6. The summed E-state index contributed by atoms with van der Waals surface area (Å²) in [6, 6.07) is 18.5. The van der Waals surface area contributed by atoms with Gasteiger partial charge in [0.1, 0.15) is 11.3 Å². The molecule has 0 bridgehead atoms. The molecule has 3 N–H and O–H groups in total. The second-order valence-electron chi connectivity index (χ2n) is 8.92. The lowest BCUT2D eigenvalue weighted by molar-refractivity contribution is -0.121. The van der Waals surface area contributed by atoms with Crippen LogP contribution in [0.3, 0.4) is 0 Å². The van der Waals surface area contributed by atoms with Crippen molar-refractivity contribution in [2.45, 2.75) is 25.4 Å². The summed E-state index contributed by atoms with van der Waals surface area (Å²) in [4.78, 5) is 27.2. The molecular weight excluding hydrogens is 477 g/mol. The fraction of sp³-hybridized carbons (Fsp3) is 0.214. The molecule has 0 spiro atoms. The van der Waals surface area contributed by atoms with E-state index < -0.39 is 17.8 Å². The zero-order valence-corrected chi connectivity index (χ0v) is 20.2. The number of carbonyl (C=O) groups is 2. The van der Waals surface area contributed by atoms with E-state index in [1.165, 1.54) is 25.3 Å². The Labute approximate surface area is 212 Å². The van der Waals surface area contributed by atoms with Gasteiger partial charge in [-0.25, -0.2) is 9.87 Å². The number of nitrogens with one attached hydrogen (secondary N) is 2. The van der Waals surface area contributed by atoms with Gasteiger partial charge >= 0.3 is 0 Å². The molecule has 0 fully saturated rings. The van der Waals surface area contributed by atoms with Crippen molar-refractivity contribution in [1.29, 1.82) is 0 Å². The van der Waals surface area contributed by atoms with Crippen LogP contribution in [0, 0.1) is 5.82 Å². The number of carbonyl (C=O) groups excluding carboxylic acids is 2. The SMILES string of the molecule is COc1cc2oc3c(c2cc1F)CCN([C@@H](Cc1ccccc1)C(=O)Nc1ccc(C(=O)NO)cc1)C3. The van der Waals surface area contributed by atoms with Crippen molar-refractivity contribution in [3.63, 3.8) is 0 Å². The maximum atomic E-state index is 14.4. The lowest BCUT2D eigenvalue weighted by Crippen LogP contribution is -2.47. The van der Waals surface area contributed by atoms with E-state index in [0.717, 1.165) is 16.5 Å². The summed E-state index contributed by atoms with van der Waals surface area (Å²) in [5, 5.41) is 12.5. The number of halogens is 1. The molecule has 1 aliphatic heterocycles. The van der Waals surface area contributed by atoms with Crippen molar-refractivity contribution in [3.05, 3.63) is 95.0 Å². The molecule has 2 amide bonds. The van der Waals surface area contributed by atoms with Crippen molar-refractivity contribution in [3.8, 4) is 5.75 Å². The minimum absolute atomic E-state index is 0.124. The Morgan fingerprint density at radius 2 is 1.89 bits per heavy atom. The van der Waals surface area contributed by atoms with E-state index in [9.17, 15) is 14.0 Å². The van der Waals surface area contributed by atoms with Gasteiger partial charge in [0.2, 0.25) is 5.91 Å². The summed E-state index contributed by atoms with van der Waals surface area (Å²) in [5.41, 5.74) is 4.90. The van der Waals surface area contributed by atoms with Gasteiger partial charge in [0.25, 0.3) is 5.91 Å². The summed E-state index contributed by atoms with van der Waals surface area (Å²) >= 11 is 0. The van der Waals surface area contributed by atoms with Crippen LogP contribution >= 0.6 is 0 Å².